The number of nitrogens with one attached hydrogen (secondary N) is 1. The molecule has 3 heteroatoms. The van der Waals surface area contributed by atoms with E-state index in [4.69, 9.17) is 0 Å². The minimum absolute atomic E-state index is 1.03. The maximum atomic E-state index is 3.44. The van der Waals surface area contributed by atoms with E-state index < -0.39 is 0 Å². The number of thioether (sulfide) groups is 1. The van der Waals surface area contributed by atoms with E-state index in [2.05, 4.69) is 29.8 Å². The van der Waals surface area contributed by atoms with Gasteiger partial charge in [-0.3, -0.25) is 0 Å². The largest absolute Gasteiger partial charge is 0.311 e. The summed E-state index contributed by atoms with van der Waals surface area (Å²) in [7, 11) is 0. The van der Waals surface area contributed by atoms with Gasteiger partial charge in [-0.05, 0) is 23.6 Å². The second-order valence-corrected chi connectivity index (χ2v) is 5.13. The average molecular weight is 215 g/mol. The summed E-state index contributed by atoms with van der Waals surface area (Å²) >= 11 is 3.85. The summed E-state index contributed by atoms with van der Waals surface area (Å²) in [4.78, 5) is 1.43. The topological polar surface area (TPSA) is 12.0 Å². The van der Waals surface area contributed by atoms with Crippen LogP contribution in [0.3, 0.4) is 0 Å². The molecule has 0 amide bonds. The minimum atomic E-state index is 1.03. The maximum absolute atomic E-state index is 3.44. The smallest absolute Gasteiger partial charge is 0.0300 e. The normalized spacial score (nSPS) is 10.5. The molecule has 1 aromatic heterocycles. The van der Waals surface area contributed by atoms with Gasteiger partial charge in [0.2, 0.25) is 0 Å². The van der Waals surface area contributed by atoms with Gasteiger partial charge < -0.3 is 5.32 Å². The van der Waals surface area contributed by atoms with Crippen LogP contribution in [0.25, 0.3) is 0 Å². The van der Waals surface area contributed by atoms with Gasteiger partial charge in [0.1, 0.15) is 0 Å². The highest BCUT2D eigenvalue weighted by Crippen LogP contribution is 2.07. The maximum Gasteiger partial charge on any atom is 0.0300 e. The lowest BCUT2D eigenvalue weighted by Gasteiger charge is -2.01. The zero-order valence-corrected chi connectivity index (χ0v) is 9.72. The van der Waals surface area contributed by atoms with E-state index in [1.165, 1.54) is 22.8 Å². The van der Waals surface area contributed by atoms with Crippen molar-refractivity contribution in [2.24, 2.45) is 0 Å². The van der Waals surface area contributed by atoms with Gasteiger partial charge in [0.15, 0.2) is 0 Å². The zero-order chi connectivity index (χ0) is 9.36. The van der Waals surface area contributed by atoms with Crippen molar-refractivity contribution in [3.63, 3.8) is 0 Å². The zero-order valence-electron chi connectivity index (χ0n) is 8.08. The molecule has 0 saturated carbocycles. The third kappa shape index (κ3) is 5.34. The molecule has 1 nitrogen and oxygen atoms in total. The first kappa shape index (κ1) is 11.1. The van der Waals surface area contributed by atoms with Gasteiger partial charge >= 0.3 is 0 Å². The van der Waals surface area contributed by atoms with Crippen LogP contribution in [0.4, 0.5) is 0 Å². The fourth-order valence-electron chi connectivity index (χ4n) is 1.02. The van der Waals surface area contributed by atoms with Crippen molar-refractivity contribution in [3.05, 3.63) is 22.4 Å². The number of thiophene rings is 1. The fraction of sp³-hybridized carbons (Fsp3) is 0.600. The highest BCUT2D eigenvalue weighted by molar-refractivity contribution is 7.99. The molecule has 1 heterocycles. The monoisotopic (exact) mass is 215 g/mol. The van der Waals surface area contributed by atoms with Crippen LogP contribution >= 0.6 is 23.1 Å². The second-order valence-electron chi connectivity index (χ2n) is 2.87. The molecule has 74 valence electrons. The number of hydrogen-bond donors (Lipinski definition) is 1. The van der Waals surface area contributed by atoms with Crippen LogP contribution in [0.5, 0.6) is 0 Å². The van der Waals surface area contributed by atoms with Crippen molar-refractivity contribution in [1.82, 2.24) is 5.32 Å². The highest BCUT2D eigenvalue weighted by Gasteiger charge is 1.92. The van der Waals surface area contributed by atoms with Crippen LogP contribution in [0.2, 0.25) is 0 Å². The molecule has 0 aliphatic rings. The average Bonchev–Trinajstić information content (AvgIpc) is 2.63. The van der Waals surface area contributed by atoms with Crippen LogP contribution in [0, 0.1) is 0 Å². The molecule has 0 aliphatic heterocycles. The molecule has 0 unspecified atom stereocenters. The molecule has 1 aromatic rings. The van der Waals surface area contributed by atoms with E-state index in [9.17, 15) is 0 Å². The Balaban J connectivity index is 1.90. The first-order valence-electron chi connectivity index (χ1n) is 4.74. The van der Waals surface area contributed by atoms with E-state index in [0.29, 0.717) is 0 Å². The molecule has 0 fully saturated rings. The molecule has 1 rings (SSSR count). The molecule has 0 aliphatic carbocycles. The van der Waals surface area contributed by atoms with E-state index >= 15 is 0 Å². The third-order valence-electron chi connectivity index (χ3n) is 1.65. The Morgan fingerprint density at radius 3 is 3.08 bits per heavy atom. The van der Waals surface area contributed by atoms with Gasteiger partial charge in [-0.1, -0.05) is 13.0 Å². The quantitative estimate of drug-likeness (QED) is 0.702. The minimum Gasteiger partial charge on any atom is -0.311 e. The lowest BCUT2D eigenvalue weighted by molar-refractivity contribution is 0.741. The Hall–Kier alpha value is 0.01000. The van der Waals surface area contributed by atoms with E-state index in [1.54, 1.807) is 0 Å². The summed E-state index contributed by atoms with van der Waals surface area (Å²) in [6.45, 7) is 4.39. The van der Waals surface area contributed by atoms with E-state index in [0.717, 1.165) is 13.1 Å². The van der Waals surface area contributed by atoms with Crippen LogP contribution in [0.1, 0.15) is 18.2 Å². The van der Waals surface area contributed by atoms with Crippen LogP contribution in [0.15, 0.2) is 17.5 Å². The molecular formula is C10H17NS2. The Morgan fingerprint density at radius 1 is 1.46 bits per heavy atom. The highest BCUT2D eigenvalue weighted by atomic mass is 32.2. The molecule has 0 aromatic carbocycles. The molecule has 0 saturated heterocycles. The first-order chi connectivity index (χ1) is 6.43. The molecular weight excluding hydrogens is 198 g/mol. The van der Waals surface area contributed by atoms with Gasteiger partial charge in [-0.2, -0.15) is 11.8 Å². The number of rotatable bonds is 7. The van der Waals surface area contributed by atoms with E-state index in [-0.39, 0.29) is 0 Å². The first-order valence-corrected chi connectivity index (χ1v) is 6.77. The van der Waals surface area contributed by atoms with Crippen molar-refractivity contribution in [2.75, 3.05) is 18.1 Å². The molecule has 0 atom stereocenters. The molecule has 0 radical (unpaired) electrons. The van der Waals surface area contributed by atoms with Crippen LogP contribution in [-0.4, -0.2) is 18.1 Å². The predicted octanol–water partition coefficient (Wildman–Crippen LogP) is 2.98. The summed E-state index contributed by atoms with van der Waals surface area (Å²) in [6, 6.07) is 4.28. The van der Waals surface area contributed by atoms with Gasteiger partial charge in [-0.25, -0.2) is 0 Å². The van der Waals surface area contributed by atoms with Crippen LogP contribution < -0.4 is 5.32 Å². The second kappa shape index (κ2) is 7.42. The summed E-state index contributed by atoms with van der Waals surface area (Å²) in [6.07, 6.45) is 1.29. The van der Waals surface area contributed by atoms with Crippen molar-refractivity contribution < 1.29 is 0 Å². The Bertz CT molecular complexity index is 197. The standard InChI is InChI=1S/C10H17NS2/c1-2-6-12-8-5-11-9-10-4-3-7-13-10/h3-4,7,11H,2,5-6,8-9H2,1H3. The van der Waals surface area contributed by atoms with Crippen molar-refractivity contribution >= 4 is 23.1 Å². The summed E-state index contributed by atoms with van der Waals surface area (Å²) in [5, 5.41) is 5.56. The van der Waals surface area contributed by atoms with Crippen molar-refractivity contribution in [3.8, 4) is 0 Å². The molecule has 0 bridgehead atoms. The Kier molecular flexibility index (Phi) is 6.33. The Morgan fingerprint density at radius 2 is 2.38 bits per heavy atom. The summed E-state index contributed by atoms with van der Waals surface area (Å²) < 4.78 is 0. The molecule has 1 N–H and O–H groups in total. The predicted molar refractivity (Wildman–Crippen MR) is 63.6 cm³/mol. The molecule has 0 spiro atoms. The van der Waals surface area contributed by atoms with Gasteiger partial charge in [-0.15, -0.1) is 11.3 Å². The van der Waals surface area contributed by atoms with Gasteiger partial charge in [0.25, 0.3) is 0 Å². The van der Waals surface area contributed by atoms with Gasteiger partial charge in [0, 0.05) is 23.7 Å². The molecule has 13 heavy (non-hydrogen) atoms. The van der Waals surface area contributed by atoms with Gasteiger partial charge in [0.05, 0.1) is 0 Å². The summed E-state index contributed by atoms with van der Waals surface area (Å²) in [5.41, 5.74) is 0. The van der Waals surface area contributed by atoms with Crippen molar-refractivity contribution in [2.45, 2.75) is 19.9 Å². The van der Waals surface area contributed by atoms with Crippen molar-refractivity contribution in [1.29, 1.82) is 0 Å². The van der Waals surface area contributed by atoms with E-state index in [1.807, 2.05) is 23.1 Å². The van der Waals surface area contributed by atoms with Crippen LogP contribution in [-0.2, 0) is 6.54 Å². The lowest BCUT2D eigenvalue weighted by atomic mass is 10.4. The summed E-state index contributed by atoms with van der Waals surface area (Å²) in [5.74, 6) is 2.53. The lowest BCUT2D eigenvalue weighted by Crippen LogP contribution is -2.15. The third-order valence-corrected chi connectivity index (χ3v) is 3.72. The SMILES string of the molecule is CCCSCCNCc1cccs1. The Labute approximate surface area is 88.9 Å². The number of hydrogen-bond acceptors (Lipinski definition) is 3. The fourth-order valence-corrected chi connectivity index (χ4v) is 2.47.